The molecule has 9 nitrogen and oxygen atoms in total. The van der Waals surface area contributed by atoms with Gasteiger partial charge in [-0.15, -0.1) is 0 Å². The highest BCUT2D eigenvalue weighted by molar-refractivity contribution is 8.17. The van der Waals surface area contributed by atoms with Gasteiger partial charge in [0.1, 0.15) is 0 Å². The lowest BCUT2D eigenvalue weighted by atomic mass is 9.97. The van der Waals surface area contributed by atoms with Gasteiger partial charge in [-0.3, -0.25) is 14.9 Å². The molecule has 0 saturated carbocycles. The van der Waals surface area contributed by atoms with E-state index in [0.29, 0.717) is 12.5 Å². The van der Waals surface area contributed by atoms with Gasteiger partial charge in [0.05, 0.1) is 23.6 Å². The predicted octanol–water partition coefficient (Wildman–Crippen LogP) is 3.07. The maximum atomic E-state index is 11.4. The van der Waals surface area contributed by atoms with Crippen LogP contribution in [0.5, 0.6) is 0 Å². The molecular formula is C23H26N8OS. The lowest BCUT2D eigenvalue weighted by Crippen LogP contribution is -2.38. The molecule has 0 radical (unpaired) electrons. The first-order valence-corrected chi connectivity index (χ1v) is 11.9. The average molecular weight is 463 g/mol. The summed E-state index contributed by atoms with van der Waals surface area (Å²) in [6, 6.07) is 7.90. The van der Waals surface area contributed by atoms with Gasteiger partial charge in [-0.1, -0.05) is 6.07 Å². The van der Waals surface area contributed by atoms with Gasteiger partial charge < -0.3 is 15.5 Å². The lowest BCUT2D eigenvalue weighted by Gasteiger charge is -2.32. The number of nitrogens with one attached hydrogen (secondary N) is 3. The Bertz CT molecular complexity index is 1130. The molecule has 170 valence electrons. The number of anilines is 1. The minimum Gasteiger partial charge on any atom is -0.342 e. The van der Waals surface area contributed by atoms with E-state index in [-0.39, 0.29) is 5.24 Å². The van der Waals surface area contributed by atoms with Gasteiger partial charge >= 0.3 is 0 Å². The van der Waals surface area contributed by atoms with Crippen LogP contribution in [0.4, 0.5) is 10.7 Å². The standard InChI is InChI=1S/C23H26N8OS/c32-23-27-15-19(33-23)12-18-3-8-26-22(29-18)31-10-5-16(6-11-31)13-24-14-17-2-1-7-25-21(17)20-4-9-28-30-20/h1-4,7-9,12,16,24H,5-6,10-11,13-15H2,(H,27,32)(H,28,30). The number of hydrogen-bond acceptors (Lipinski definition) is 8. The molecule has 2 aliphatic heterocycles. The van der Waals surface area contributed by atoms with E-state index in [1.807, 2.05) is 30.5 Å². The van der Waals surface area contributed by atoms with Gasteiger partial charge in [0.25, 0.3) is 5.24 Å². The summed E-state index contributed by atoms with van der Waals surface area (Å²) in [5.41, 5.74) is 3.89. The second kappa shape index (κ2) is 10.1. The molecule has 33 heavy (non-hydrogen) atoms. The van der Waals surface area contributed by atoms with E-state index in [1.165, 1.54) is 11.8 Å². The molecule has 3 N–H and O–H groups in total. The second-order valence-corrected chi connectivity index (χ2v) is 9.28. The fraction of sp³-hybridized carbons (Fsp3) is 0.348. The van der Waals surface area contributed by atoms with Crippen molar-refractivity contribution in [3.8, 4) is 11.4 Å². The molecule has 2 fully saturated rings. The molecule has 2 aliphatic rings. The summed E-state index contributed by atoms with van der Waals surface area (Å²) in [4.78, 5) is 28.3. The van der Waals surface area contributed by atoms with Crippen LogP contribution < -0.4 is 15.5 Å². The third kappa shape index (κ3) is 5.40. The highest BCUT2D eigenvalue weighted by Crippen LogP contribution is 2.25. The molecule has 2 saturated heterocycles. The number of pyridine rings is 1. The number of nitrogens with zero attached hydrogens (tertiary/aromatic N) is 5. The molecule has 1 amide bonds. The summed E-state index contributed by atoms with van der Waals surface area (Å²) in [5, 5.41) is 13.4. The Balaban J connectivity index is 1.12. The van der Waals surface area contributed by atoms with Crippen LogP contribution in [0.15, 0.2) is 47.8 Å². The number of rotatable bonds is 7. The van der Waals surface area contributed by atoms with Crippen molar-refractivity contribution in [1.82, 2.24) is 35.8 Å². The molecule has 3 aromatic heterocycles. The van der Waals surface area contributed by atoms with E-state index in [0.717, 1.165) is 72.5 Å². The van der Waals surface area contributed by atoms with Gasteiger partial charge in [-0.2, -0.15) is 5.10 Å². The number of aromatic amines is 1. The van der Waals surface area contributed by atoms with E-state index < -0.39 is 0 Å². The summed E-state index contributed by atoms with van der Waals surface area (Å²) in [6.07, 6.45) is 9.50. The third-order valence-corrected chi connectivity index (χ3v) is 6.75. The second-order valence-electron chi connectivity index (χ2n) is 8.18. The molecule has 0 aliphatic carbocycles. The SMILES string of the molecule is O=C1NCC(=Cc2ccnc(N3CCC(CNCc4cccnc4-c4ccn[nH]4)CC3)n2)S1. The van der Waals surface area contributed by atoms with Crippen molar-refractivity contribution >= 4 is 29.0 Å². The van der Waals surface area contributed by atoms with E-state index in [4.69, 9.17) is 4.98 Å². The quantitative estimate of drug-likeness (QED) is 0.491. The van der Waals surface area contributed by atoms with Crippen LogP contribution in [-0.4, -0.2) is 56.6 Å². The van der Waals surface area contributed by atoms with E-state index >= 15 is 0 Å². The molecule has 0 spiro atoms. The molecule has 0 bridgehead atoms. The molecular weight excluding hydrogens is 436 g/mol. The zero-order valence-electron chi connectivity index (χ0n) is 18.2. The minimum atomic E-state index is -0.00716. The number of hydrogen-bond donors (Lipinski definition) is 3. The number of carbonyl (C=O) groups excluding carboxylic acids is 1. The van der Waals surface area contributed by atoms with Gasteiger partial charge in [0, 0.05) is 43.1 Å². The Labute approximate surface area is 196 Å². The topological polar surface area (TPSA) is 112 Å². The molecule has 0 atom stereocenters. The van der Waals surface area contributed by atoms with Crippen LogP contribution in [0.1, 0.15) is 24.1 Å². The van der Waals surface area contributed by atoms with Crippen molar-refractivity contribution in [3.63, 3.8) is 0 Å². The molecule has 5 rings (SSSR count). The number of piperidine rings is 1. The maximum absolute atomic E-state index is 11.4. The van der Waals surface area contributed by atoms with Crippen LogP contribution in [0.3, 0.4) is 0 Å². The Morgan fingerprint density at radius 2 is 2.06 bits per heavy atom. The molecule has 5 heterocycles. The first kappa shape index (κ1) is 21.6. The van der Waals surface area contributed by atoms with E-state index in [1.54, 1.807) is 12.4 Å². The van der Waals surface area contributed by atoms with E-state index in [9.17, 15) is 4.79 Å². The lowest BCUT2D eigenvalue weighted by molar-refractivity contribution is 0.262. The average Bonchev–Trinajstić information content (AvgIpc) is 3.52. The monoisotopic (exact) mass is 462 g/mol. The summed E-state index contributed by atoms with van der Waals surface area (Å²) in [5.74, 6) is 1.38. The third-order valence-electron chi connectivity index (χ3n) is 5.90. The number of amides is 1. The van der Waals surface area contributed by atoms with Gasteiger partial charge in [-0.25, -0.2) is 9.97 Å². The van der Waals surface area contributed by atoms with Crippen LogP contribution in [0, 0.1) is 5.92 Å². The van der Waals surface area contributed by atoms with Crippen molar-refractivity contribution in [2.45, 2.75) is 19.4 Å². The molecule has 0 unspecified atom stereocenters. The van der Waals surface area contributed by atoms with Crippen LogP contribution in [-0.2, 0) is 6.54 Å². The highest BCUT2D eigenvalue weighted by Gasteiger charge is 2.21. The first-order valence-electron chi connectivity index (χ1n) is 11.1. The van der Waals surface area contributed by atoms with Crippen molar-refractivity contribution in [3.05, 3.63) is 59.0 Å². The Hall–Kier alpha value is -3.24. The maximum Gasteiger partial charge on any atom is 0.283 e. The van der Waals surface area contributed by atoms with Crippen molar-refractivity contribution in [1.29, 1.82) is 0 Å². The van der Waals surface area contributed by atoms with Crippen molar-refractivity contribution in [2.24, 2.45) is 5.92 Å². The smallest absolute Gasteiger partial charge is 0.283 e. The van der Waals surface area contributed by atoms with Gasteiger partial charge in [0.15, 0.2) is 0 Å². The summed E-state index contributed by atoms with van der Waals surface area (Å²) < 4.78 is 0. The largest absolute Gasteiger partial charge is 0.342 e. The Kier molecular flexibility index (Phi) is 6.63. The van der Waals surface area contributed by atoms with Crippen molar-refractivity contribution < 1.29 is 4.79 Å². The first-order chi connectivity index (χ1) is 16.2. The summed E-state index contributed by atoms with van der Waals surface area (Å²) in [7, 11) is 0. The summed E-state index contributed by atoms with van der Waals surface area (Å²) in [6.45, 7) is 4.19. The Morgan fingerprint density at radius 1 is 1.15 bits per heavy atom. The molecule has 10 heteroatoms. The van der Waals surface area contributed by atoms with Gasteiger partial charge in [-0.05, 0) is 66.9 Å². The summed E-state index contributed by atoms with van der Waals surface area (Å²) >= 11 is 1.23. The molecule has 3 aromatic rings. The normalized spacial score (nSPS) is 18.1. The van der Waals surface area contributed by atoms with Gasteiger partial charge in [0.2, 0.25) is 5.95 Å². The fourth-order valence-electron chi connectivity index (χ4n) is 4.15. The number of H-pyrrole nitrogens is 1. The minimum absolute atomic E-state index is 0.00716. The highest BCUT2D eigenvalue weighted by atomic mass is 32.2. The van der Waals surface area contributed by atoms with Crippen LogP contribution in [0.2, 0.25) is 0 Å². The van der Waals surface area contributed by atoms with Crippen LogP contribution in [0.25, 0.3) is 17.5 Å². The van der Waals surface area contributed by atoms with E-state index in [2.05, 4.69) is 41.8 Å². The number of thioether (sulfide) groups is 1. The fourth-order valence-corrected chi connectivity index (χ4v) is 4.86. The predicted molar refractivity (Wildman–Crippen MR) is 129 cm³/mol. The zero-order valence-corrected chi connectivity index (χ0v) is 19.0. The number of aromatic nitrogens is 5. The van der Waals surface area contributed by atoms with Crippen molar-refractivity contribution in [2.75, 3.05) is 31.1 Å². The Morgan fingerprint density at radius 3 is 2.85 bits per heavy atom. The molecule has 0 aromatic carbocycles. The zero-order chi connectivity index (χ0) is 22.5. The number of carbonyl (C=O) groups is 1. The van der Waals surface area contributed by atoms with Crippen LogP contribution >= 0.6 is 11.8 Å².